The SMILES string of the molecule is S=P(S)(NCC1CCCCC1)NCC1CCCCC1. The van der Waals surface area contributed by atoms with E-state index >= 15 is 0 Å². The van der Waals surface area contributed by atoms with Gasteiger partial charge >= 0.3 is 0 Å². The Bertz CT molecular complexity index is 274. The molecule has 0 saturated heterocycles. The quantitative estimate of drug-likeness (QED) is 0.497. The third kappa shape index (κ3) is 6.48. The Morgan fingerprint density at radius 2 is 1.16 bits per heavy atom. The summed E-state index contributed by atoms with van der Waals surface area (Å²) in [4.78, 5) is 0. The standard InChI is InChI=1S/C14H29N2PS2/c18-17(19,15-11-13-7-3-1-4-8-13)16-12-14-9-5-2-6-10-14/h13-14H,1-12H2,(H3,15,16,18,19). The van der Waals surface area contributed by atoms with Crippen molar-refractivity contribution in [3.05, 3.63) is 0 Å². The van der Waals surface area contributed by atoms with Gasteiger partial charge in [0.2, 0.25) is 0 Å². The second kappa shape index (κ2) is 8.38. The Labute approximate surface area is 129 Å². The molecule has 5 heteroatoms. The van der Waals surface area contributed by atoms with Crippen LogP contribution >= 0.6 is 17.8 Å². The molecule has 2 aliphatic rings. The summed E-state index contributed by atoms with van der Waals surface area (Å²) < 4.78 is 0. The average molecular weight is 321 g/mol. The molecule has 0 aromatic heterocycles. The van der Waals surface area contributed by atoms with Gasteiger partial charge in [0.25, 0.3) is 0 Å². The van der Waals surface area contributed by atoms with Crippen molar-refractivity contribution < 1.29 is 0 Å². The molecule has 112 valence electrons. The van der Waals surface area contributed by atoms with Crippen LogP contribution in [-0.4, -0.2) is 13.1 Å². The van der Waals surface area contributed by atoms with E-state index in [-0.39, 0.29) is 0 Å². The zero-order valence-electron chi connectivity index (χ0n) is 11.9. The van der Waals surface area contributed by atoms with Crippen LogP contribution in [0.5, 0.6) is 0 Å². The molecule has 2 rings (SSSR count). The van der Waals surface area contributed by atoms with Crippen LogP contribution in [0.2, 0.25) is 0 Å². The highest BCUT2D eigenvalue weighted by Crippen LogP contribution is 2.42. The van der Waals surface area contributed by atoms with Crippen molar-refractivity contribution in [2.24, 2.45) is 11.8 Å². The van der Waals surface area contributed by atoms with Crippen LogP contribution in [0.25, 0.3) is 0 Å². The minimum atomic E-state index is -1.80. The number of thiol groups is 1. The second-order valence-electron chi connectivity index (χ2n) is 6.31. The van der Waals surface area contributed by atoms with Crippen molar-refractivity contribution >= 4 is 29.6 Å². The number of nitrogens with one attached hydrogen (secondary N) is 2. The van der Waals surface area contributed by atoms with E-state index in [0.717, 1.165) is 24.9 Å². The number of hydrogen-bond acceptors (Lipinski definition) is 1. The van der Waals surface area contributed by atoms with Crippen LogP contribution in [0, 0.1) is 11.8 Å². The molecule has 2 aliphatic carbocycles. The minimum absolute atomic E-state index is 0.833. The molecule has 0 radical (unpaired) electrons. The molecule has 2 nitrogen and oxygen atoms in total. The van der Waals surface area contributed by atoms with E-state index in [1.54, 1.807) is 0 Å². The highest BCUT2D eigenvalue weighted by atomic mass is 32.9. The lowest BCUT2D eigenvalue weighted by Gasteiger charge is -2.28. The zero-order valence-corrected chi connectivity index (χ0v) is 14.5. The fourth-order valence-corrected chi connectivity index (χ4v) is 5.40. The van der Waals surface area contributed by atoms with Crippen LogP contribution in [0.15, 0.2) is 0 Å². The molecule has 0 aromatic carbocycles. The summed E-state index contributed by atoms with van der Waals surface area (Å²) in [5.74, 6) is 1.67. The Hall–Kier alpha value is 0.920. The maximum atomic E-state index is 5.63. The molecule has 2 N–H and O–H groups in total. The Kier molecular flexibility index (Phi) is 7.19. The van der Waals surface area contributed by atoms with Crippen molar-refractivity contribution in [1.82, 2.24) is 10.2 Å². The van der Waals surface area contributed by atoms with E-state index in [9.17, 15) is 0 Å². The summed E-state index contributed by atoms with van der Waals surface area (Å²) >= 11 is 10.3. The highest BCUT2D eigenvalue weighted by Gasteiger charge is 2.19. The van der Waals surface area contributed by atoms with Crippen molar-refractivity contribution in [1.29, 1.82) is 0 Å². The average Bonchev–Trinajstić information content (AvgIpc) is 2.46. The summed E-state index contributed by atoms with van der Waals surface area (Å²) in [6.07, 6.45) is 13.9. The largest absolute Gasteiger partial charge is 0.269 e. The first kappa shape index (κ1) is 16.3. The van der Waals surface area contributed by atoms with E-state index < -0.39 is 5.54 Å². The lowest BCUT2D eigenvalue weighted by atomic mass is 9.90. The molecule has 0 aliphatic heterocycles. The molecule has 2 saturated carbocycles. The first-order chi connectivity index (χ1) is 9.16. The topological polar surface area (TPSA) is 24.1 Å². The van der Waals surface area contributed by atoms with Gasteiger partial charge in [-0.15, -0.1) is 12.2 Å². The van der Waals surface area contributed by atoms with Gasteiger partial charge in [0.1, 0.15) is 5.54 Å². The van der Waals surface area contributed by atoms with Gasteiger partial charge in [-0.2, -0.15) is 0 Å². The summed E-state index contributed by atoms with van der Waals surface area (Å²) in [6, 6.07) is 0. The van der Waals surface area contributed by atoms with E-state index in [2.05, 4.69) is 22.4 Å². The van der Waals surface area contributed by atoms with Crippen LogP contribution < -0.4 is 10.2 Å². The summed E-state index contributed by atoms with van der Waals surface area (Å²) in [6.45, 7) is 2.14. The number of hydrogen-bond donors (Lipinski definition) is 3. The number of rotatable bonds is 6. The Balaban J connectivity index is 1.64. The van der Waals surface area contributed by atoms with Gasteiger partial charge in [-0.05, 0) is 37.5 Å². The maximum Gasteiger partial charge on any atom is 0.124 e. The van der Waals surface area contributed by atoms with E-state index in [0.29, 0.717) is 0 Å². The molecule has 2 fully saturated rings. The molecule has 0 heterocycles. The molecule has 0 aromatic rings. The lowest BCUT2D eigenvalue weighted by Crippen LogP contribution is -2.29. The predicted molar refractivity (Wildman–Crippen MR) is 92.4 cm³/mol. The van der Waals surface area contributed by atoms with E-state index in [4.69, 9.17) is 11.8 Å². The minimum Gasteiger partial charge on any atom is -0.269 e. The van der Waals surface area contributed by atoms with Gasteiger partial charge in [-0.25, -0.2) is 0 Å². The van der Waals surface area contributed by atoms with Gasteiger partial charge in [-0.3, -0.25) is 10.2 Å². The monoisotopic (exact) mass is 320 g/mol. The van der Waals surface area contributed by atoms with Crippen molar-refractivity contribution in [3.8, 4) is 0 Å². The molecular formula is C14H29N2PS2. The molecular weight excluding hydrogens is 291 g/mol. The molecule has 19 heavy (non-hydrogen) atoms. The summed E-state index contributed by atoms with van der Waals surface area (Å²) in [7, 11) is 0. The molecule has 0 unspecified atom stereocenters. The van der Waals surface area contributed by atoms with Gasteiger partial charge in [0.15, 0.2) is 0 Å². The molecule has 0 atom stereocenters. The van der Waals surface area contributed by atoms with Gasteiger partial charge < -0.3 is 0 Å². The predicted octanol–water partition coefficient (Wildman–Crippen LogP) is 4.48. The van der Waals surface area contributed by atoms with E-state index in [1.807, 2.05) is 0 Å². The van der Waals surface area contributed by atoms with Crippen molar-refractivity contribution in [2.45, 2.75) is 64.2 Å². The Morgan fingerprint density at radius 1 is 0.789 bits per heavy atom. The third-order valence-electron chi connectivity index (χ3n) is 4.64. The van der Waals surface area contributed by atoms with Gasteiger partial charge in [0.05, 0.1) is 0 Å². The first-order valence-electron chi connectivity index (χ1n) is 7.99. The van der Waals surface area contributed by atoms with Crippen LogP contribution in [-0.2, 0) is 11.8 Å². The maximum absolute atomic E-state index is 5.63. The molecule has 0 spiro atoms. The highest BCUT2D eigenvalue weighted by molar-refractivity contribution is 8.62. The first-order valence-corrected chi connectivity index (χ1v) is 11.9. The van der Waals surface area contributed by atoms with Crippen LogP contribution in [0.3, 0.4) is 0 Å². The fourth-order valence-electron chi connectivity index (χ4n) is 3.34. The van der Waals surface area contributed by atoms with E-state index in [1.165, 1.54) is 64.2 Å². The lowest BCUT2D eigenvalue weighted by molar-refractivity contribution is 0.354. The fraction of sp³-hybridized carbons (Fsp3) is 1.00. The summed E-state index contributed by atoms with van der Waals surface area (Å²) in [5.41, 5.74) is -1.80. The molecule has 0 amide bonds. The Morgan fingerprint density at radius 3 is 1.53 bits per heavy atom. The van der Waals surface area contributed by atoms with Crippen LogP contribution in [0.4, 0.5) is 0 Å². The summed E-state index contributed by atoms with van der Waals surface area (Å²) in [5, 5.41) is 7.09. The van der Waals surface area contributed by atoms with Gasteiger partial charge in [0, 0.05) is 13.1 Å². The van der Waals surface area contributed by atoms with Crippen molar-refractivity contribution in [3.63, 3.8) is 0 Å². The normalized spacial score (nSPS) is 23.6. The van der Waals surface area contributed by atoms with Gasteiger partial charge in [-0.1, -0.05) is 50.3 Å². The van der Waals surface area contributed by atoms with Crippen LogP contribution in [0.1, 0.15) is 64.2 Å². The smallest absolute Gasteiger partial charge is 0.124 e. The zero-order chi connectivity index (χ0) is 13.6. The second-order valence-corrected chi connectivity index (χ2v) is 12.3. The van der Waals surface area contributed by atoms with Crippen molar-refractivity contribution in [2.75, 3.05) is 13.1 Å². The molecule has 0 bridgehead atoms. The third-order valence-corrected chi connectivity index (χ3v) is 7.48.